The number of hydrogen-bond acceptors (Lipinski definition) is 7. The molecule has 9 heteroatoms. The zero-order valence-corrected chi connectivity index (χ0v) is 17.5. The third-order valence-electron chi connectivity index (χ3n) is 3.29. The lowest BCUT2D eigenvalue weighted by atomic mass is 10.1. The summed E-state index contributed by atoms with van der Waals surface area (Å²) in [7, 11) is 0. The van der Waals surface area contributed by atoms with Crippen LogP contribution in [0.5, 0.6) is 0 Å². The Hall–Kier alpha value is -1.00. The van der Waals surface area contributed by atoms with Gasteiger partial charge < -0.3 is 29.0 Å². The topological polar surface area (TPSA) is 87.3 Å². The van der Waals surface area contributed by atoms with Crippen molar-refractivity contribution in [3.63, 3.8) is 0 Å². The van der Waals surface area contributed by atoms with Crippen LogP contribution in [0.1, 0.15) is 48.5 Å². The predicted molar refractivity (Wildman–Crippen MR) is 101 cm³/mol. The molecule has 0 aromatic heterocycles. The molecule has 26 heavy (non-hydrogen) atoms. The quantitative estimate of drug-likeness (QED) is 0.526. The number of alkyl carbamates (subject to hydrolysis) is 1. The molecule has 1 saturated heterocycles. The van der Waals surface area contributed by atoms with Gasteiger partial charge in [-0.2, -0.15) is 0 Å². The van der Waals surface area contributed by atoms with Crippen molar-refractivity contribution in [2.24, 2.45) is 0 Å². The molecule has 2 N–H and O–H groups in total. The van der Waals surface area contributed by atoms with E-state index in [-0.39, 0.29) is 11.2 Å². The van der Waals surface area contributed by atoms with Gasteiger partial charge in [-0.1, -0.05) is 0 Å². The second-order valence-electron chi connectivity index (χ2n) is 7.28. The van der Waals surface area contributed by atoms with E-state index in [0.29, 0.717) is 19.8 Å². The SMILES string of the molecule is CCOC(OCC)[C@@H]1OC(C)(C)OC[C@H]1NC(=S)NC(=O)OC(C)(C)C. The summed E-state index contributed by atoms with van der Waals surface area (Å²) >= 11 is 5.21. The fourth-order valence-corrected chi connectivity index (χ4v) is 2.60. The molecule has 0 aromatic carbocycles. The number of carbonyl (C=O) groups excluding carboxylic acids is 1. The molecule has 0 saturated carbocycles. The van der Waals surface area contributed by atoms with Gasteiger partial charge in [0, 0.05) is 13.2 Å². The highest BCUT2D eigenvalue weighted by atomic mass is 32.1. The van der Waals surface area contributed by atoms with Gasteiger partial charge in [-0.3, -0.25) is 5.32 Å². The van der Waals surface area contributed by atoms with E-state index >= 15 is 0 Å². The molecule has 1 aliphatic rings. The highest BCUT2D eigenvalue weighted by Crippen LogP contribution is 2.26. The van der Waals surface area contributed by atoms with E-state index in [1.165, 1.54) is 0 Å². The maximum atomic E-state index is 11.9. The van der Waals surface area contributed by atoms with Gasteiger partial charge >= 0.3 is 6.09 Å². The molecule has 0 aliphatic carbocycles. The van der Waals surface area contributed by atoms with Crippen LogP contribution in [0, 0.1) is 0 Å². The molecule has 2 atom stereocenters. The summed E-state index contributed by atoms with van der Waals surface area (Å²) in [6.45, 7) is 14.0. The van der Waals surface area contributed by atoms with E-state index in [9.17, 15) is 4.79 Å². The Morgan fingerprint density at radius 1 is 1.27 bits per heavy atom. The lowest BCUT2D eigenvalue weighted by molar-refractivity contribution is -0.328. The first-order valence-corrected chi connectivity index (χ1v) is 9.23. The van der Waals surface area contributed by atoms with Gasteiger partial charge in [0.25, 0.3) is 0 Å². The number of thiocarbonyl (C=S) groups is 1. The largest absolute Gasteiger partial charge is 0.444 e. The van der Waals surface area contributed by atoms with Crippen molar-refractivity contribution in [2.75, 3.05) is 19.8 Å². The van der Waals surface area contributed by atoms with Gasteiger partial charge in [-0.15, -0.1) is 0 Å². The first kappa shape index (κ1) is 23.0. The summed E-state index contributed by atoms with van der Waals surface area (Å²) < 4.78 is 28.2. The molecule has 0 bridgehead atoms. The molecule has 1 heterocycles. The van der Waals surface area contributed by atoms with Crippen LogP contribution in [0.3, 0.4) is 0 Å². The molecule has 1 amide bonds. The van der Waals surface area contributed by atoms with Gasteiger partial charge in [-0.25, -0.2) is 4.79 Å². The number of carbonyl (C=O) groups is 1. The fourth-order valence-electron chi connectivity index (χ4n) is 2.37. The third-order valence-corrected chi connectivity index (χ3v) is 3.51. The molecule has 0 unspecified atom stereocenters. The van der Waals surface area contributed by atoms with Crippen LogP contribution < -0.4 is 10.6 Å². The molecule has 0 spiro atoms. The second-order valence-corrected chi connectivity index (χ2v) is 7.69. The van der Waals surface area contributed by atoms with Crippen LogP contribution in [0.2, 0.25) is 0 Å². The summed E-state index contributed by atoms with van der Waals surface area (Å²) in [5.41, 5.74) is -0.613. The normalized spacial score (nSPS) is 22.8. The van der Waals surface area contributed by atoms with Crippen LogP contribution in [0.4, 0.5) is 4.79 Å². The zero-order valence-electron chi connectivity index (χ0n) is 16.7. The van der Waals surface area contributed by atoms with E-state index in [2.05, 4.69) is 10.6 Å². The lowest BCUT2D eigenvalue weighted by Crippen LogP contribution is -2.62. The minimum Gasteiger partial charge on any atom is -0.444 e. The summed E-state index contributed by atoms with van der Waals surface area (Å²) in [5.74, 6) is -0.782. The van der Waals surface area contributed by atoms with E-state index < -0.39 is 29.9 Å². The van der Waals surface area contributed by atoms with Crippen molar-refractivity contribution < 1.29 is 28.5 Å². The standard InChI is InChI=1S/C17H32N2O6S/c1-8-21-13(22-9-2)12-11(10-23-17(6,7)24-12)18-14(26)19-15(20)25-16(3,4)5/h11-13H,8-10H2,1-7H3,(H2,18,19,20,26)/t11-,12-/m1/s1. The minimum absolute atomic E-state index is 0.118. The first-order valence-electron chi connectivity index (χ1n) is 8.83. The van der Waals surface area contributed by atoms with Crippen LogP contribution >= 0.6 is 12.2 Å². The first-order chi connectivity index (χ1) is 12.0. The Balaban J connectivity index is 2.76. The van der Waals surface area contributed by atoms with E-state index in [4.69, 9.17) is 35.9 Å². The Morgan fingerprint density at radius 2 is 1.85 bits per heavy atom. The van der Waals surface area contributed by atoms with Gasteiger partial charge in [0.05, 0.1) is 12.6 Å². The molecule has 1 aliphatic heterocycles. The molecular formula is C17H32N2O6S. The maximum Gasteiger partial charge on any atom is 0.413 e. The second kappa shape index (κ2) is 9.80. The van der Waals surface area contributed by atoms with Crippen LogP contribution in [-0.4, -0.2) is 60.9 Å². The van der Waals surface area contributed by atoms with Crippen molar-refractivity contribution >= 4 is 23.4 Å². The third kappa shape index (κ3) is 8.13. The van der Waals surface area contributed by atoms with E-state index in [0.717, 1.165) is 0 Å². The number of nitrogens with one attached hydrogen (secondary N) is 2. The average molecular weight is 393 g/mol. The average Bonchev–Trinajstić information content (AvgIpc) is 2.46. The maximum absolute atomic E-state index is 11.9. The minimum atomic E-state index is -0.782. The Kier molecular flexibility index (Phi) is 8.68. The smallest absolute Gasteiger partial charge is 0.413 e. The van der Waals surface area contributed by atoms with Crippen LogP contribution in [0.15, 0.2) is 0 Å². The van der Waals surface area contributed by atoms with Crippen molar-refractivity contribution in [3.8, 4) is 0 Å². The predicted octanol–water partition coefficient (Wildman–Crippen LogP) is 2.30. The number of hydrogen-bond donors (Lipinski definition) is 2. The molecule has 1 rings (SSSR count). The monoisotopic (exact) mass is 392 g/mol. The highest BCUT2D eigenvalue weighted by Gasteiger charge is 2.42. The summed E-state index contributed by atoms with van der Waals surface area (Å²) in [4.78, 5) is 11.9. The Bertz CT molecular complexity index is 474. The molecule has 8 nitrogen and oxygen atoms in total. The molecule has 0 aromatic rings. The van der Waals surface area contributed by atoms with Crippen molar-refractivity contribution in [1.29, 1.82) is 0 Å². The highest BCUT2D eigenvalue weighted by molar-refractivity contribution is 7.80. The van der Waals surface area contributed by atoms with Gasteiger partial charge in [0.15, 0.2) is 17.2 Å². The van der Waals surface area contributed by atoms with Crippen LogP contribution in [-0.2, 0) is 23.7 Å². The molecule has 0 radical (unpaired) electrons. The van der Waals surface area contributed by atoms with Gasteiger partial charge in [0.1, 0.15) is 11.7 Å². The number of rotatable bonds is 6. The molecule has 1 fully saturated rings. The van der Waals surface area contributed by atoms with Gasteiger partial charge in [0.2, 0.25) is 0 Å². The zero-order chi connectivity index (χ0) is 20.0. The van der Waals surface area contributed by atoms with Crippen LogP contribution in [0.25, 0.3) is 0 Å². The molecule has 152 valence electrons. The summed E-state index contributed by atoms with van der Waals surface area (Å²) in [5, 5.41) is 5.64. The number of ether oxygens (including phenoxy) is 5. The van der Waals surface area contributed by atoms with Crippen molar-refractivity contribution in [2.45, 2.75) is 78.3 Å². The summed E-state index contributed by atoms with van der Waals surface area (Å²) in [6.07, 6.45) is -1.69. The number of amides is 1. The summed E-state index contributed by atoms with van der Waals surface area (Å²) in [6, 6.07) is -0.367. The van der Waals surface area contributed by atoms with E-state index in [1.807, 2.05) is 27.7 Å². The van der Waals surface area contributed by atoms with E-state index in [1.54, 1.807) is 20.8 Å². The lowest BCUT2D eigenvalue weighted by Gasteiger charge is -2.43. The molecular weight excluding hydrogens is 360 g/mol. The Labute approximate surface area is 161 Å². The van der Waals surface area contributed by atoms with Crippen molar-refractivity contribution in [1.82, 2.24) is 10.6 Å². The van der Waals surface area contributed by atoms with Crippen molar-refractivity contribution in [3.05, 3.63) is 0 Å². The Morgan fingerprint density at radius 3 is 2.35 bits per heavy atom. The fraction of sp³-hybridized carbons (Fsp3) is 0.882. The van der Waals surface area contributed by atoms with Gasteiger partial charge in [-0.05, 0) is 60.7 Å².